The average Bonchev–Trinajstić information content (AvgIpc) is 3.36. The van der Waals surface area contributed by atoms with Crippen LogP contribution in [0.25, 0.3) is 0 Å². The van der Waals surface area contributed by atoms with Gasteiger partial charge in [0.25, 0.3) is 0 Å². The van der Waals surface area contributed by atoms with E-state index in [2.05, 4.69) is 46.3 Å². The van der Waals surface area contributed by atoms with E-state index < -0.39 is 0 Å². The molecule has 1 aromatic rings. The largest absolute Gasteiger partial charge is 0.381 e. The molecule has 0 bridgehead atoms. The van der Waals surface area contributed by atoms with E-state index in [4.69, 9.17) is 14.5 Å². The third-order valence-electron chi connectivity index (χ3n) is 6.00. The summed E-state index contributed by atoms with van der Waals surface area (Å²) in [5, 5.41) is 3.50. The Morgan fingerprint density at radius 2 is 1.93 bits per heavy atom. The van der Waals surface area contributed by atoms with Crippen LogP contribution in [0.3, 0.4) is 0 Å². The van der Waals surface area contributed by atoms with Crippen molar-refractivity contribution in [2.45, 2.75) is 26.3 Å². The summed E-state index contributed by atoms with van der Waals surface area (Å²) in [5.74, 6) is 1.04. The summed E-state index contributed by atoms with van der Waals surface area (Å²) in [6.45, 7) is 11.2. The molecule has 1 aromatic carbocycles. The first-order chi connectivity index (χ1) is 13.3. The van der Waals surface area contributed by atoms with E-state index in [-0.39, 0.29) is 24.0 Å². The van der Waals surface area contributed by atoms with Crippen LogP contribution in [0.4, 0.5) is 5.69 Å². The van der Waals surface area contributed by atoms with Crippen LogP contribution < -0.4 is 10.2 Å². The van der Waals surface area contributed by atoms with E-state index in [1.54, 1.807) is 0 Å². The van der Waals surface area contributed by atoms with Gasteiger partial charge in [0, 0.05) is 50.4 Å². The molecule has 0 aromatic heterocycles. The molecular formula is C21H33IN4O2. The second-order valence-electron chi connectivity index (χ2n) is 7.87. The predicted molar refractivity (Wildman–Crippen MR) is 124 cm³/mol. The number of hydrogen-bond donors (Lipinski definition) is 1. The number of aliphatic imine (C=N–C) groups is 1. The first-order valence-electron chi connectivity index (χ1n) is 10.3. The number of anilines is 1. The molecule has 7 heteroatoms. The van der Waals surface area contributed by atoms with Crippen LogP contribution in [-0.4, -0.2) is 70.0 Å². The topological polar surface area (TPSA) is 49.3 Å². The molecule has 3 fully saturated rings. The third-order valence-corrected chi connectivity index (χ3v) is 6.00. The lowest BCUT2D eigenvalue weighted by atomic mass is 9.87. The number of likely N-dealkylation sites (tertiary alicyclic amines) is 1. The van der Waals surface area contributed by atoms with Gasteiger partial charge >= 0.3 is 0 Å². The molecule has 1 atom stereocenters. The normalized spacial score (nSPS) is 25.2. The molecule has 28 heavy (non-hydrogen) atoms. The number of hydrogen-bond acceptors (Lipinski definition) is 4. The van der Waals surface area contributed by atoms with Crippen molar-refractivity contribution < 1.29 is 9.47 Å². The van der Waals surface area contributed by atoms with E-state index >= 15 is 0 Å². The maximum absolute atomic E-state index is 5.68. The number of ether oxygens (including phenoxy) is 2. The van der Waals surface area contributed by atoms with Crippen molar-refractivity contribution >= 4 is 35.6 Å². The SMILES string of the molecule is CCNC(=NCc1ccccc1N1CCOCC1)N1CCC2(CCOC2)C1.I. The molecule has 3 aliphatic heterocycles. The van der Waals surface area contributed by atoms with Crippen molar-refractivity contribution in [3.63, 3.8) is 0 Å². The lowest BCUT2D eigenvalue weighted by molar-refractivity contribution is 0.122. The summed E-state index contributed by atoms with van der Waals surface area (Å²) < 4.78 is 11.2. The smallest absolute Gasteiger partial charge is 0.194 e. The fraction of sp³-hybridized carbons (Fsp3) is 0.667. The zero-order valence-corrected chi connectivity index (χ0v) is 19.2. The summed E-state index contributed by atoms with van der Waals surface area (Å²) in [4.78, 5) is 9.85. The predicted octanol–water partition coefficient (Wildman–Crippen LogP) is 2.72. The van der Waals surface area contributed by atoms with E-state index in [0.29, 0.717) is 12.0 Å². The van der Waals surface area contributed by atoms with Crippen molar-refractivity contribution in [3.05, 3.63) is 29.8 Å². The Hall–Kier alpha value is -1.06. The van der Waals surface area contributed by atoms with E-state index in [1.165, 1.54) is 24.1 Å². The maximum atomic E-state index is 5.68. The number of nitrogens with one attached hydrogen (secondary N) is 1. The number of morpholine rings is 1. The number of rotatable bonds is 4. The molecule has 6 nitrogen and oxygen atoms in total. The average molecular weight is 500 g/mol. The van der Waals surface area contributed by atoms with Gasteiger partial charge in [0.1, 0.15) is 0 Å². The van der Waals surface area contributed by atoms with Gasteiger partial charge in [-0.05, 0) is 31.4 Å². The van der Waals surface area contributed by atoms with E-state index in [9.17, 15) is 0 Å². The molecule has 3 aliphatic rings. The molecule has 0 saturated carbocycles. The Morgan fingerprint density at radius 1 is 1.11 bits per heavy atom. The van der Waals surface area contributed by atoms with Crippen molar-refractivity contribution in [2.24, 2.45) is 10.4 Å². The molecule has 0 aliphatic carbocycles. The first-order valence-corrected chi connectivity index (χ1v) is 10.3. The highest BCUT2D eigenvalue weighted by atomic mass is 127. The van der Waals surface area contributed by atoms with Crippen molar-refractivity contribution in [2.75, 3.05) is 64.1 Å². The second-order valence-corrected chi connectivity index (χ2v) is 7.87. The van der Waals surface area contributed by atoms with Crippen LogP contribution in [0.1, 0.15) is 25.3 Å². The number of benzene rings is 1. The Balaban J connectivity index is 0.00000225. The van der Waals surface area contributed by atoms with E-state index in [1.807, 2.05) is 0 Å². The molecule has 4 rings (SSSR count). The van der Waals surface area contributed by atoms with Crippen LogP contribution in [0, 0.1) is 5.41 Å². The molecule has 3 saturated heterocycles. The Labute approximate surface area is 185 Å². The number of halogens is 1. The van der Waals surface area contributed by atoms with Gasteiger partial charge in [0.2, 0.25) is 0 Å². The Morgan fingerprint density at radius 3 is 2.68 bits per heavy atom. The van der Waals surface area contributed by atoms with Gasteiger partial charge in [-0.1, -0.05) is 18.2 Å². The summed E-state index contributed by atoms with van der Waals surface area (Å²) in [6.07, 6.45) is 2.39. The lowest BCUT2D eigenvalue weighted by Gasteiger charge is -2.30. The fourth-order valence-corrected chi connectivity index (χ4v) is 4.43. The van der Waals surface area contributed by atoms with Gasteiger partial charge in [-0.15, -0.1) is 24.0 Å². The molecule has 1 spiro atoms. The van der Waals surface area contributed by atoms with Crippen LogP contribution in [0.15, 0.2) is 29.3 Å². The van der Waals surface area contributed by atoms with Gasteiger partial charge in [0.05, 0.1) is 26.4 Å². The monoisotopic (exact) mass is 500 g/mol. The quantitative estimate of drug-likeness (QED) is 0.392. The lowest BCUT2D eigenvalue weighted by Crippen LogP contribution is -2.41. The molecule has 156 valence electrons. The highest BCUT2D eigenvalue weighted by molar-refractivity contribution is 14.0. The Kier molecular flexibility index (Phi) is 7.82. The zero-order chi connectivity index (χ0) is 18.5. The minimum atomic E-state index is 0. The second kappa shape index (κ2) is 10.1. The molecule has 1 N–H and O–H groups in total. The van der Waals surface area contributed by atoms with Crippen molar-refractivity contribution in [1.82, 2.24) is 10.2 Å². The number of guanidine groups is 1. The first kappa shape index (κ1) is 21.6. The van der Waals surface area contributed by atoms with Gasteiger partial charge < -0.3 is 24.6 Å². The van der Waals surface area contributed by atoms with E-state index in [0.717, 1.165) is 65.1 Å². The molecular weight excluding hydrogens is 467 g/mol. The summed E-state index contributed by atoms with van der Waals surface area (Å²) >= 11 is 0. The molecule has 0 amide bonds. The van der Waals surface area contributed by atoms with Crippen LogP contribution in [0.2, 0.25) is 0 Å². The molecule has 1 unspecified atom stereocenters. The number of para-hydroxylation sites is 1. The highest BCUT2D eigenvalue weighted by Gasteiger charge is 2.42. The minimum absolute atomic E-state index is 0. The highest BCUT2D eigenvalue weighted by Crippen LogP contribution is 2.38. The third kappa shape index (κ3) is 4.91. The van der Waals surface area contributed by atoms with Crippen LogP contribution >= 0.6 is 24.0 Å². The van der Waals surface area contributed by atoms with Crippen molar-refractivity contribution in [3.8, 4) is 0 Å². The van der Waals surface area contributed by atoms with Crippen LogP contribution in [0.5, 0.6) is 0 Å². The fourth-order valence-electron chi connectivity index (χ4n) is 4.43. The van der Waals surface area contributed by atoms with Gasteiger partial charge in [0.15, 0.2) is 5.96 Å². The standard InChI is InChI=1S/C21H32N4O2.HI/c1-2-22-20(25-9-7-21(16-25)8-12-27-17-21)23-15-18-5-3-4-6-19(18)24-10-13-26-14-11-24;/h3-6H,2,7-17H2,1H3,(H,22,23);1H. The summed E-state index contributed by atoms with van der Waals surface area (Å²) in [5.41, 5.74) is 2.93. The molecule has 3 heterocycles. The van der Waals surface area contributed by atoms with Gasteiger partial charge in [-0.2, -0.15) is 0 Å². The Bertz CT molecular complexity index is 658. The maximum Gasteiger partial charge on any atom is 0.194 e. The summed E-state index contributed by atoms with van der Waals surface area (Å²) in [6, 6.07) is 8.65. The van der Waals surface area contributed by atoms with Gasteiger partial charge in [-0.25, -0.2) is 4.99 Å². The summed E-state index contributed by atoms with van der Waals surface area (Å²) in [7, 11) is 0. The zero-order valence-electron chi connectivity index (χ0n) is 16.9. The molecule has 0 radical (unpaired) electrons. The minimum Gasteiger partial charge on any atom is -0.381 e. The van der Waals surface area contributed by atoms with Gasteiger partial charge in [-0.3, -0.25) is 0 Å². The number of nitrogens with zero attached hydrogens (tertiary/aromatic N) is 3. The van der Waals surface area contributed by atoms with Crippen molar-refractivity contribution in [1.29, 1.82) is 0 Å². The van der Waals surface area contributed by atoms with Crippen LogP contribution in [-0.2, 0) is 16.0 Å².